The largest absolute Gasteiger partial charge is 0.337 e. The Morgan fingerprint density at radius 3 is 2.48 bits per heavy atom. The summed E-state index contributed by atoms with van der Waals surface area (Å²) in [5.41, 5.74) is -0.622. The van der Waals surface area contributed by atoms with Crippen molar-refractivity contribution in [1.29, 1.82) is 5.26 Å². The molecule has 0 aromatic rings. The Bertz CT molecular complexity index is 378. The lowest BCUT2D eigenvalue weighted by Crippen LogP contribution is -2.60. The summed E-state index contributed by atoms with van der Waals surface area (Å²) in [5, 5.41) is 15.8. The number of carbonyl (C=O) groups is 1. The van der Waals surface area contributed by atoms with Crippen LogP contribution in [0.25, 0.3) is 0 Å². The molecule has 2 aliphatic rings. The number of hydrogen-bond donors (Lipinski definition) is 2. The van der Waals surface area contributed by atoms with Crippen molar-refractivity contribution in [2.45, 2.75) is 63.5 Å². The number of amides is 1. The molecule has 0 atom stereocenters. The van der Waals surface area contributed by atoms with Gasteiger partial charge in [-0.1, -0.05) is 32.6 Å². The van der Waals surface area contributed by atoms with Gasteiger partial charge >= 0.3 is 0 Å². The first-order valence-electron chi connectivity index (χ1n) is 8.36. The van der Waals surface area contributed by atoms with Crippen LogP contribution in [0, 0.1) is 11.3 Å². The van der Waals surface area contributed by atoms with E-state index in [4.69, 9.17) is 0 Å². The van der Waals surface area contributed by atoms with E-state index in [0.717, 1.165) is 51.7 Å². The fraction of sp³-hybridized carbons (Fsp3) is 0.875. The average molecular weight is 292 g/mol. The Morgan fingerprint density at radius 2 is 2.00 bits per heavy atom. The third-order valence-corrected chi connectivity index (χ3v) is 4.68. The molecule has 21 heavy (non-hydrogen) atoms. The lowest BCUT2D eigenvalue weighted by atomic mass is 9.92. The van der Waals surface area contributed by atoms with Crippen LogP contribution in [-0.2, 0) is 4.79 Å². The minimum atomic E-state index is -0.622. The summed E-state index contributed by atoms with van der Waals surface area (Å²) in [6, 6.07) is 2.86. The van der Waals surface area contributed by atoms with E-state index in [0.29, 0.717) is 12.6 Å². The van der Waals surface area contributed by atoms with Crippen molar-refractivity contribution in [1.82, 2.24) is 15.5 Å². The van der Waals surface area contributed by atoms with Crippen LogP contribution in [0.3, 0.4) is 0 Å². The van der Waals surface area contributed by atoms with Gasteiger partial charge in [0.05, 0.1) is 12.6 Å². The van der Waals surface area contributed by atoms with E-state index >= 15 is 0 Å². The van der Waals surface area contributed by atoms with E-state index in [2.05, 4.69) is 28.5 Å². The van der Waals surface area contributed by atoms with Gasteiger partial charge in [-0.15, -0.1) is 0 Å². The summed E-state index contributed by atoms with van der Waals surface area (Å²) in [6.45, 7) is 5.44. The molecule has 5 heteroatoms. The molecule has 0 spiro atoms. The summed E-state index contributed by atoms with van der Waals surface area (Å²) in [5.74, 6) is 0.0128. The minimum Gasteiger partial charge on any atom is -0.337 e. The molecule has 1 saturated heterocycles. The van der Waals surface area contributed by atoms with Crippen LogP contribution in [0.5, 0.6) is 0 Å². The van der Waals surface area contributed by atoms with E-state index in [1.807, 2.05) is 0 Å². The number of nitrogens with one attached hydrogen (secondary N) is 2. The highest BCUT2D eigenvalue weighted by molar-refractivity contribution is 5.79. The molecule has 2 rings (SSSR count). The van der Waals surface area contributed by atoms with Gasteiger partial charge in [-0.05, 0) is 25.8 Å². The van der Waals surface area contributed by atoms with Crippen LogP contribution >= 0.6 is 0 Å². The third kappa shape index (κ3) is 4.42. The number of hydrogen-bond acceptors (Lipinski definition) is 4. The van der Waals surface area contributed by atoms with Crippen LogP contribution in [0.1, 0.15) is 51.9 Å². The zero-order valence-corrected chi connectivity index (χ0v) is 13.2. The predicted octanol–water partition coefficient (Wildman–Crippen LogP) is 1.40. The van der Waals surface area contributed by atoms with Crippen LogP contribution in [-0.4, -0.2) is 48.6 Å². The molecule has 1 aliphatic heterocycles. The molecule has 5 nitrogen and oxygen atoms in total. The van der Waals surface area contributed by atoms with Crippen molar-refractivity contribution in [3.8, 4) is 6.07 Å². The highest BCUT2D eigenvalue weighted by Crippen LogP contribution is 2.26. The molecular weight excluding hydrogens is 264 g/mol. The molecular formula is C16H28N4O. The zero-order chi connectivity index (χ0) is 15.1. The Balaban J connectivity index is 1.90. The molecule has 1 heterocycles. The van der Waals surface area contributed by atoms with Gasteiger partial charge in [0.15, 0.2) is 0 Å². The molecule has 2 N–H and O–H groups in total. The van der Waals surface area contributed by atoms with Crippen LogP contribution in [0.15, 0.2) is 0 Å². The molecule has 1 amide bonds. The number of nitrogens with zero attached hydrogens (tertiary/aromatic N) is 2. The molecule has 1 saturated carbocycles. The minimum absolute atomic E-state index is 0.0128. The topological polar surface area (TPSA) is 68.2 Å². The third-order valence-electron chi connectivity index (χ3n) is 4.68. The van der Waals surface area contributed by atoms with Crippen LogP contribution < -0.4 is 10.6 Å². The molecule has 1 aliphatic carbocycles. The number of carbonyl (C=O) groups excluding carboxylic acids is 1. The number of nitriles is 1. The maximum atomic E-state index is 12.4. The van der Waals surface area contributed by atoms with Crippen molar-refractivity contribution in [3.05, 3.63) is 0 Å². The standard InChI is InChI=1S/C16H28N4O/c1-2-9-20(14-10-18-11-14)12-15(21)19-16(13-17)7-5-3-4-6-8-16/h14,18H,2-12H2,1H3,(H,19,21). The summed E-state index contributed by atoms with van der Waals surface area (Å²) in [6.07, 6.45) is 7.08. The highest BCUT2D eigenvalue weighted by Gasteiger charge is 2.33. The summed E-state index contributed by atoms with van der Waals surface area (Å²) < 4.78 is 0. The monoisotopic (exact) mass is 292 g/mol. The maximum Gasteiger partial charge on any atom is 0.235 e. The van der Waals surface area contributed by atoms with Gasteiger partial charge in [0.25, 0.3) is 0 Å². The van der Waals surface area contributed by atoms with Crippen molar-refractivity contribution < 1.29 is 4.79 Å². The molecule has 118 valence electrons. The quantitative estimate of drug-likeness (QED) is 0.726. The lowest BCUT2D eigenvalue weighted by molar-refractivity contribution is -0.124. The average Bonchev–Trinajstić information content (AvgIpc) is 2.63. The van der Waals surface area contributed by atoms with E-state index in [1.54, 1.807) is 0 Å². The lowest BCUT2D eigenvalue weighted by Gasteiger charge is -2.38. The van der Waals surface area contributed by atoms with Gasteiger partial charge in [-0.2, -0.15) is 5.26 Å². The van der Waals surface area contributed by atoms with Crippen molar-refractivity contribution in [2.24, 2.45) is 0 Å². The Hall–Kier alpha value is -1.12. The number of rotatable bonds is 6. The molecule has 0 radical (unpaired) electrons. The maximum absolute atomic E-state index is 12.4. The van der Waals surface area contributed by atoms with Gasteiger partial charge in [0.2, 0.25) is 5.91 Å². The van der Waals surface area contributed by atoms with Gasteiger partial charge < -0.3 is 10.6 Å². The van der Waals surface area contributed by atoms with Gasteiger partial charge in [0.1, 0.15) is 5.54 Å². The predicted molar refractivity (Wildman–Crippen MR) is 82.7 cm³/mol. The van der Waals surface area contributed by atoms with E-state index < -0.39 is 5.54 Å². The fourth-order valence-corrected chi connectivity index (χ4v) is 3.30. The SMILES string of the molecule is CCCN(CC(=O)NC1(C#N)CCCCCC1)C1CNC1. The first-order valence-corrected chi connectivity index (χ1v) is 8.36. The van der Waals surface area contributed by atoms with E-state index in [1.165, 1.54) is 12.8 Å². The Kier molecular flexibility index (Phi) is 6.01. The first kappa shape index (κ1) is 16.3. The smallest absolute Gasteiger partial charge is 0.235 e. The normalized spacial score (nSPS) is 22.1. The highest BCUT2D eigenvalue weighted by atomic mass is 16.2. The van der Waals surface area contributed by atoms with Crippen molar-refractivity contribution in [2.75, 3.05) is 26.2 Å². The molecule has 0 aromatic heterocycles. The first-order chi connectivity index (χ1) is 10.2. The summed E-state index contributed by atoms with van der Waals surface area (Å²) in [4.78, 5) is 14.6. The Labute approximate surface area is 128 Å². The summed E-state index contributed by atoms with van der Waals surface area (Å²) in [7, 11) is 0. The van der Waals surface area contributed by atoms with Crippen LogP contribution in [0.2, 0.25) is 0 Å². The molecule has 2 fully saturated rings. The summed E-state index contributed by atoms with van der Waals surface area (Å²) >= 11 is 0. The zero-order valence-electron chi connectivity index (χ0n) is 13.2. The van der Waals surface area contributed by atoms with Crippen molar-refractivity contribution >= 4 is 5.91 Å². The molecule has 0 bridgehead atoms. The van der Waals surface area contributed by atoms with E-state index in [-0.39, 0.29) is 5.91 Å². The fourth-order valence-electron chi connectivity index (χ4n) is 3.30. The molecule has 0 aromatic carbocycles. The van der Waals surface area contributed by atoms with Crippen LogP contribution in [0.4, 0.5) is 0 Å². The van der Waals surface area contributed by atoms with E-state index in [9.17, 15) is 10.1 Å². The molecule has 0 unspecified atom stereocenters. The Morgan fingerprint density at radius 1 is 1.33 bits per heavy atom. The van der Waals surface area contributed by atoms with Gasteiger partial charge in [-0.3, -0.25) is 9.69 Å². The van der Waals surface area contributed by atoms with Gasteiger partial charge in [0, 0.05) is 19.1 Å². The second-order valence-electron chi connectivity index (χ2n) is 6.44. The second kappa shape index (κ2) is 7.77. The van der Waals surface area contributed by atoms with Gasteiger partial charge in [-0.25, -0.2) is 0 Å². The second-order valence-corrected chi connectivity index (χ2v) is 6.44. The van der Waals surface area contributed by atoms with Crippen molar-refractivity contribution in [3.63, 3.8) is 0 Å².